The van der Waals surface area contributed by atoms with Gasteiger partial charge in [0, 0.05) is 56.8 Å². The molecule has 148 valence electrons. The van der Waals surface area contributed by atoms with Crippen LogP contribution in [0.15, 0.2) is 18.2 Å². The third kappa shape index (κ3) is 4.76. The number of hydrogen-bond acceptors (Lipinski definition) is 4. The first-order chi connectivity index (χ1) is 12.9. The van der Waals surface area contributed by atoms with Crippen molar-refractivity contribution in [3.63, 3.8) is 0 Å². The third-order valence-electron chi connectivity index (χ3n) is 5.72. The Morgan fingerprint density at radius 2 is 1.67 bits per heavy atom. The predicted molar refractivity (Wildman–Crippen MR) is 110 cm³/mol. The van der Waals surface area contributed by atoms with Gasteiger partial charge in [-0.25, -0.2) is 0 Å². The molecule has 0 bridgehead atoms. The Morgan fingerprint density at radius 3 is 2.19 bits per heavy atom. The van der Waals surface area contributed by atoms with Crippen LogP contribution in [0.1, 0.15) is 37.0 Å². The largest absolute Gasteiger partial charge is 0.370 e. The molecule has 1 amide bonds. The van der Waals surface area contributed by atoms with Crippen LogP contribution >= 0.6 is 23.2 Å². The van der Waals surface area contributed by atoms with Gasteiger partial charge < -0.3 is 9.80 Å². The Morgan fingerprint density at radius 1 is 1.04 bits per heavy atom. The molecule has 2 fully saturated rings. The van der Waals surface area contributed by atoms with Gasteiger partial charge in [0.05, 0.1) is 10.7 Å². The Bertz CT molecular complexity index is 694. The predicted octanol–water partition coefficient (Wildman–Crippen LogP) is 3.49. The van der Waals surface area contributed by atoms with Crippen molar-refractivity contribution < 1.29 is 9.59 Å². The molecule has 0 atom stereocenters. The lowest BCUT2D eigenvalue weighted by Gasteiger charge is -2.40. The molecule has 2 heterocycles. The zero-order valence-corrected chi connectivity index (χ0v) is 17.5. The summed E-state index contributed by atoms with van der Waals surface area (Å²) in [5.74, 6) is 0.390. The molecule has 2 saturated heterocycles. The molecule has 0 aromatic heterocycles. The fourth-order valence-electron chi connectivity index (χ4n) is 3.97. The number of anilines is 1. The van der Waals surface area contributed by atoms with E-state index in [1.54, 1.807) is 12.1 Å². The van der Waals surface area contributed by atoms with Gasteiger partial charge >= 0.3 is 0 Å². The van der Waals surface area contributed by atoms with Crippen LogP contribution in [0.5, 0.6) is 0 Å². The second-order valence-electron chi connectivity index (χ2n) is 7.66. The average Bonchev–Trinajstić information content (AvgIpc) is 2.67. The highest BCUT2D eigenvalue weighted by atomic mass is 35.5. The summed E-state index contributed by atoms with van der Waals surface area (Å²) in [6.07, 6.45) is 1.66. The highest BCUT2D eigenvalue weighted by Crippen LogP contribution is 2.31. The number of carbonyl (C=O) groups is 2. The molecule has 0 aliphatic carbocycles. The lowest BCUT2D eigenvalue weighted by molar-refractivity contribution is -0.138. The molecule has 3 rings (SSSR count). The second-order valence-corrected chi connectivity index (χ2v) is 8.41. The normalized spacial score (nSPS) is 19.6. The molecule has 0 spiro atoms. The van der Waals surface area contributed by atoms with Crippen LogP contribution in [0, 0.1) is 5.92 Å². The van der Waals surface area contributed by atoms with E-state index in [4.69, 9.17) is 23.2 Å². The number of piperidine rings is 1. The van der Waals surface area contributed by atoms with Crippen LogP contribution in [-0.2, 0) is 4.79 Å². The van der Waals surface area contributed by atoms with Crippen molar-refractivity contribution in [3.05, 3.63) is 28.8 Å². The molecule has 1 aromatic rings. The third-order valence-corrected chi connectivity index (χ3v) is 6.24. The van der Waals surface area contributed by atoms with Gasteiger partial charge in [-0.05, 0) is 56.5 Å². The molecule has 0 N–H and O–H groups in total. The van der Waals surface area contributed by atoms with Gasteiger partial charge in [-0.2, -0.15) is 0 Å². The Labute approximate surface area is 171 Å². The molecule has 27 heavy (non-hydrogen) atoms. The number of piperazine rings is 1. The molecule has 0 radical (unpaired) electrons. The molecule has 1 aromatic carbocycles. The zero-order valence-electron chi connectivity index (χ0n) is 16.0. The monoisotopic (exact) mass is 411 g/mol. The quantitative estimate of drug-likeness (QED) is 0.711. The van der Waals surface area contributed by atoms with E-state index in [1.165, 1.54) is 0 Å². The van der Waals surface area contributed by atoms with Gasteiger partial charge in [-0.1, -0.05) is 11.6 Å². The minimum atomic E-state index is -0.509. The lowest BCUT2D eigenvalue weighted by atomic mass is 9.94. The molecular formula is C20H27Cl2N3O2. The van der Waals surface area contributed by atoms with Crippen molar-refractivity contribution >= 4 is 40.0 Å². The van der Waals surface area contributed by atoms with Gasteiger partial charge in [0.15, 0.2) is 0 Å². The minimum absolute atomic E-state index is 0.0920. The first kappa shape index (κ1) is 20.4. The van der Waals surface area contributed by atoms with E-state index >= 15 is 0 Å². The van der Waals surface area contributed by atoms with Gasteiger partial charge in [0.2, 0.25) is 5.91 Å². The number of halogens is 2. The van der Waals surface area contributed by atoms with E-state index in [0.29, 0.717) is 22.5 Å². The summed E-state index contributed by atoms with van der Waals surface area (Å²) in [6.45, 7) is 9.56. The van der Waals surface area contributed by atoms with Crippen LogP contribution in [0.2, 0.25) is 5.02 Å². The maximum atomic E-state index is 12.9. The number of nitrogens with zero attached hydrogens (tertiary/aromatic N) is 3. The fourth-order valence-corrected chi connectivity index (χ4v) is 4.39. The summed E-state index contributed by atoms with van der Waals surface area (Å²) in [6, 6.07) is 5.68. The van der Waals surface area contributed by atoms with Crippen molar-refractivity contribution in [2.45, 2.75) is 32.7 Å². The number of benzene rings is 1. The number of hydrogen-bond donors (Lipinski definition) is 0. The summed E-state index contributed by atoms with van der Waals surface area (Å²) in [5, 5.41) is 0.0152. The lowest BCUT2D eigenvalue weighted by Crippen LogP contribution is -2.53. The summed E-state index contributed by atoms with van der Waals surface area (Å²) < 4.78 is 0. The van der Waals surface area contributed by atoms with Crippen molar-refractivity contribution in [1.82, 2.24) is 9.80 Å². The molecular weight excluding hydrogens is 385 g/mol. The maximum Gasteiger partial charge on any atom is 0.252 e. The van der Waals surface area contributed by atoms with Crippen molar-refractivity contribution in [2.24, 2.45) is 5.92 Å². The van der Waals surface area contributed by atoms with Crippen LogP contribution in [-0.4, -0.2) is 66.3 Å². The molecule has 7 heteroatoms. The maximum absolute atomic E-state index is 12.9. The first-order valence-electron chi connectivity index (χ1n) is 9.64. The van der Waals surface area contributed by atoms with E-state index in [0.717, 1.165) is 57.8 Å². The van der Waals surface area contributed by atoms with Crippen LogP contribution < -0.4 is 4.90 Å². The summed E-state index contributed by atoms with van der Waals surface area (Å²) in [4.78, 5) is 30.8. The van der Waals surface area contributed by atoms with E-state index in [-0.39, 0.29) is 5.92 Å². The van der Waals surface area contributed by atoms with E-state index in [1.807, 2.05) is 11.0 Å². The SMILES string of the molecule is CC(C)N1CCN(C(=O)C2CCN(c3ccc(C(=O)Cl)cc3Cl)CC2)CC1. The van der Waals surface area contributed by atoms with Crippen LogP contribution in [0.3, 0.4) is 0 Å². The standard InChI is InChI=1S/C20H27Cl2N3O2/c1-14(2)23-9-11-25(12-10-23)20(27)15-5-7-24(8-6-15)18-4-3-16(19(22)26)13-17(18)21/h3-4,13-15H,5-12H2,1-2H3. The molecule has 5 nitrogen and oxygen atoms in total. The fraction of sp³-hybridized carbons (Fsp3) is 0.600. The smallest absolute Gasteiger partial charge is 0.252 e. The summed E-state index contributed by atoms with van der Waals surface area (Å²) >= 11 is 11.8. The Hall–Kier alpha value is -1.30. The highest BCUT2D eigenvalue weighted by molar-refractivity contribution is 6.67. The minimum Gasteiger partial charge on any atom is -0.370 e. The van der Waals surface area contributed by atoms with E-state index in [9.17, 15) is 9.59 Å². The highest BCUT2D eigenvalue weighted by Gasteiger charge is 2.31. The van der Waals surface area contributed by atoms with Gasteiger partial charge in [0.1, 0.15) is 0 Å². The Kier molecular flexibility index (Phi) is 6.66. The van der Waals surface area contributed by atoms with Crippen molar-refractivity contribution in [3.8, 4) is 0 Å². The van der Waals surface area contributed by atoms with Crippen molar-refractivity contribution in [1.29, 1.82) is 0 Å². The molecule has 0 saturated carbocycles. The molecule has 0 unspecified atom stereocenters. The van der Waals surface area contributed by atoms with E-state index in [2.05, 4.69) is 23.6 Å². The first-order valence-corrected chi connectivity index (χ1v) is 10.4. The number of carbonyl (C=O) groups excluding carboxylic acids is 2. The van der Waals surface area contributed by atoms with Gasteiger partial charge in [0.25, 0.3) is 5.24 Å². The molecule has 2 aliphatic heterocycles. The van der Waals surface area contributed by atoms with Crippen molar-refractivity contribution in [2.75, 3.05) is 44.2 Å². The van der Waals surface area contributed by atoms with Crippen LogP contribution in [0.4, 0.5) is 5.69 Å². The zero-order chi connectivity index (χ0) is 19.6. The van der Waals surface area contributed by atoms with Gasteiger partial charge in [-0.3, -0.25) is 14.5 Å². The molecule has 2 aliphatic rings. The number of amides is 1. The topological polar surface area (TPSA) is 43.9 Å². The Balaban J connectivity index is 1.54. The van der Waals surface area contributed by atoms with E-state index < -0.39 is 5.24 Å². The summed E-state index contributed by atoms with van der Waals surface area (Å²) in [5.41, 5.74) is 1.30. The van der Waals surface area contributed by atoms with Crippen LogP contribution in [0.25, 0.3) is 0 Å². The average molecular weight is 412 g/mol. The second kappa shape index (κ2) is 8.80. The summed E-state index contributed by atoms with van der Waals surface area (Å²) in [7, 11) is 0. The van der Waals surface area contributed by atoms with Gasteiger partial charge in [-0.15, -0.1) is 0 Å². The number of rotatable bonds is 4.